The molecule has 0 aliphatic heterocycles. The Labute approximate surface area is 72.2 Å². The zero-order chi connectivity index (χ0) is 9.40. The summed E-state index contributed by atoms with van der Waals surface area (Å²) >= 11 is 0. The molecule has 0 heterocycles. The van der Waals surface area contributed by atoms with Crippen LogP contribution in [0.4, 0.5) is 4.39 Å². The van der Waals surface area contributed by atoms with Gasteiger partial charge in [-0.25, -0.2) is 0 Å². The molecule has 0 fully saturated rings. The lowest BCUT2D eigenvalue weighted by molar-refractivity contribution is 0.560. The van der Waals surface area contributed by atoms with Gasteiger partial charge in [0, 0.05) is 19.0 Å². The average Bonchev–Trinajstić information content (AvgIpc) is 2.01. The SMILES string of the molecule is C=CN=C/C=C(\C)CNC(=C)F. The van der Waals surface area contributed by atoms with Gasteiger partial charge < -0.3 is 5.32 Å². The Balaban J connectivity index is 3.77. The summed E-state index contributed by atoms with van der Waals surface area (Å²) in [7, 11) is 0. The van der Waals surface area contributed by atoms with E-state index in [9.17, 15) is 4.39 Å². The lowest BCUT2D eigenvalue weighted by Gasteiger charge is -2.00. The monoisotopic (exact) mass is 168 g/mol. The molecule has 0 radical (unpaired) electrons. The second-order valence-corrected chi connectivity index (χ2v) is 2.25. The number of nitrogens with zero attached hydrogens (tertiary/aromatic N) is 1. The van der Waals surface area contributed by atoms with Gasteiger partial charge >= 0.3 is 0 Å². The first-order valence-electron chi connectivity index (χ1n) is 3.55. The van der Waals surface area contributed by atoms with Crippen LogP contribution in [0.2, 0.25) is 0 Å². The third kappa shape index (κ3) is 6.74. The molecule has 0 atom stereocenters. The van der Waals surface area contributed by atoms with Gasteiger partial charge in [-0.15, -0.1) is 0 Å². The summed E-state index contributed by atoms with van der Waals surface area (Å²) < 4.78 is 12.1. The fraction of sp³-hybridized carbons (Fsp3) is 0.222. The molecule has 2 nitrogen and oxygen atoms in total. The minimum Gasteiger partial charge on any atom is -0.359 e. The standard InChI is InChI=1S/C9H13FN2/c1-4-11-6-5-8(2)7-12-9(3)10/h4-6,12H,1,3,7H2,2H3/b8-5+,11-6?. The molecule has 3 heteroatoms. The van der Waals surface area contributed by atoms with Gasteiger partial charge in [-0.05, 0) is 19.6 Å². The fourth-order valence-electron chi connectivity index (χ4n) is 0.525. The van der Waals surface area contributed by atoms with E-state index < -0.39 is 5.95 Å². The lowest BCUT2D eigenvalue weighted by Crippen LogP contribution is -2.11. The van der Waals surface area contributed by atoms with Crippen LogP contribution >= 0.6 is 0 Å². The molecule has 0 saturated carbocycles. The molecule has 0 unspecified atom stereocenters. The Morgan fingerprint density at radius 2 is 2.33 bits per heavy atom. The predicted octanol–water partition coefficient (Wildman–Crippen LogP) is 2.18. The molecular formula is C9H13FN2. The lowest BCUT2D eigenvalue weighted by atomic mass is 10.3. The Kier molecular flexibility index (Phi) is 5.61. The maximum Gasteiger partial charge on any atom is 0.180 e. The van der Waals surface area contributed by atoms with Crippen LogP contribution in [-0.4, -0.2) is 12.8 Å². The van der Waals surface area contributed by atoms with Gasteiger partial charge in [-0.2, -0.15) is 4.39 Å². The van der Waals surface area contributed by atoms with E-state index in [0.717, 1.165) is 5.57 Å². The number of aliphatic imine (C=N–C) groups is 1. The van der Waals surface area contributed by atoms with Crippen molar-refractivity contribution in [3.8, 4) is 0 Å². The van der Waals surface area contributed by atoms with E-state index in [1.54, 1.807) is 12.3 Å². The highest BCUT2D eigenvalue weighted by Gasteiger charge is 1.88. The largest absolute Gasteiger partial charge is 0.359 e. The molecule has 0 rings (SSSR count). The first kappa shape index (κ1) is 10.6. The minimum absolute atomic E-state index is 0.443. The number of rotatable bonds is 5. The summed E-state index contributed by atoms with van der Waals surface area (Å²) in [5.74, 6) is -0.525. The molecule has 0 spiro atoms. The quantitative estimate of drug-likeness (QED) is 0.494. The molecular weight excluding hydrogens is 155 g/mol. The Morgan fingerprint density at radius 3 is 2.83 bits per heavy atom. The van der Waals surface area contributed by atoms with E-state index in [4.69, 9.17) is 0 Å². The van der Waals surface area contributed by atoms with Gasteiger partial charge in [0.2, 0.25) is 0 Å². The van der Waals surface area contributed by atoms with Crippen molar-refractivity contribution >= 4 is 6.21 Å². The van der Waals surface area contributed by atoms with Crippen LogP contribution in [0, 0.1) is 0 Å². The van der Waals surface area contributed by atoms with Crippen LogP contribution in [0.15, 0.2) is 42.0 Å². The van der Waals surface area contributed by atoms with Gasteiger partial charge in [-0.1, -0.05) is 12.2 Å². The van der Waals surface area contributed by atoms with Crippen LogP contribution in [0.25, 0.3) is 0 Å². The van der Waals surface area contributed by atoms with Crippen LogP contribution in [-0.2, 0) is 0 Å². The molecule has 66 valence electrons. The smallest absolute Gasteiger partial charge is 0.180 e. The molecule has 0 aromatic rings. The third-order valence-electron chi connectivity index (χ3n) is 1.11. The van der Waals surface area contributed by atoms with E-state index >= 15 is 0 Å². The van der Waals surface area contributed by atoms with Crippen molar-refractivity contribution in [2.45, 2.75) is 6.92 Å². The second kappa shape index (κ2) is 6.34. The molecule has 0 bridgehead atoms. The van der Waals surface area contributed by atoms with Crippen LogP contribution in [0.5, 0.6) is 0 Å². The number of hydrogen-bond donors (Lipinski definition) is 1. The summed E-state index contributed by atoms with van der Waals surface area (Å²) in [6, 6.07) is 0. The average molecular weight is 168 g/mol. The molecule has 0 aromatic carbocycles. The fourth-order valence-corrected chi connectivity index (χ4v) is 0.525. The maximum atomic E-state index is 12.1. The highest BCUT2D eigenvalue weighted by atomic mass is 19.1. The van der Waals surface area contributed by atoms with Gasteiger partial charge in [-0.3, -0.25) is 4.99 Å². The normalized spacial score (nSPS) is 11.7. The van der Waals surface area contributed by atoms with Crippen LogP contribution in [0.1, 0.15) is 6.92 Å². The van der Waals surface area contributed by atoms with E-state index in [2.05, 4.69) is 23.5 Å². The van der Waals surface area contributed by atoms with E-state index in [0.29, 0.717) is 6.54 Å². The minimum atomic E-state index is -0.525. The summed E-state index contributed by atoms with van der Waals surface area (Å²) in [5, 5.41) is 2.46. The number of hydrogen-bond acceptors (Lipinski definition) is 2. The van der Waals surface area contributed by atoms with Crippen molar-refractivity contribution in [1.82, 2.24) is 5.32 Å². The third-order valence-corrected chi connectivity index (χ3v) is 1.11. The predicted molar refractivity (Wildman–Crippen MR) is 50.7 cm³/mol. The van der Waals surface area contributed by atoms with Gasteiger partial charge in [0.15, 0.2) is 5.95 Å². The summed E-state index contributed by atoms with van der Waals surface area (Å²) in [6.07, 6.45) is 4.81. The van der Waals surface area contributed by atoms with Gasteiger partial charge in [0.05, 0.1) is 0 Å². The van der Waals surface area contributed by atoms with Crippen molar-refractivity contribution in [1.29, 1.82) is 0 Å². The first-order valence-corrected chi connectivity index (χ1v) is 3.55. The van der Waals surface area contributed by atoms with E-state index in [1.807, 2.05) is 6.92 Å². The highest BCUT2D eigenvalue weighted by Crippen LogP contribution is 1.91. The molecule has 1 N–H and O–H groups in total. The maximum absolute atomic E-state index is 12.1. The number of halogens is 1. The van der Waals surface area contributed by atoms with Gasteiger partial charge in [0.1, 0.15) is 0 Å². The van der Waals surface area contributed by atoms with Crippen LogP contribution in [0.3, 0.4) is 0 Å². The van der Waals surface area contributed by atoms with Crippen molar-refractivity contribution in [3.05, 3.63) is 37.0 Å². The second-order valence-electron chi connectivity index (χ2n) is 2.25. The Morgan fingerprint density at radius 1 is 1.67 bits per heavy atom. The van der Waals surface area contributed by atoms with E-state index in [-0.39, 0.29) is 0 Å². The zero-order valence-corrected chi connectivity index (χ0v) is 7.18. The van der Waals surface area contributed by atoms with Crippen LogP contribution < -0.4 is 5.32 Å². The molecule has 0 aliphatic rings. The van der Waals surface area contributed by atoms with E-state index in [1.165, 1.54) is 6.20 Å². The van der Waals surface area contributed by atoms with Crippen molar-refractivity contribution in [2.24, 2.45) is 4.99 Å². The number of allylic oxidation sites excluding steroid dienone is 1. The molecule has 0 aromatic heterocycles. The Bertz CT molecular complexity index is 217. The highest BCUT2D eigenvalue weighted by molar-refractivity contribution is 5.72. The number of nitrogens with one attached hydrogen (secondary N) is 1. The molecule has 12 heavy (non-hydrogen) atoms. The first-order chi connectivity index (χ1) is 5.66. The van der Waals surface area contributed by atoms with Crippen molar-refractivity contribution in [3.63, 3.8) is 0 Å². The van der Waals surface area contributed by atoms with Crippen molar-refractivity contribution < 1.29 is 4.39 Å². The molecule has 0 amide bonds. The molecule has 0 saturated heterocycles. The summed E-state index contributed by atoms with van der Waals surface area (Å²) in [6.45, 7) is 8.79. The topological polar surface area (TPSA) is 24.4 Å². The molecule has 0 aliphatic carbocycles. The zero-order valence-electron chi connectivity index (χ0n) is 7.18. The summed E-state index contributed by atoms with van der Waals surface area (Å²) in [5.41, 5.74) is 0.972. The summed E-state index contributed by atoms with van der Waals surface area (Å²) in [4.78, 5) is 3.76. The van der Waals surface area contributed by atoms with Gasteiger partial charge in [0.25, 0.3) is 0 Å². The van der Waals surface area contributed by atoms with Crippen molar-refractivity contribution in [2.75, 3.05) is 6.54 Å². The Hall–Kier alpha value is -1.38.